The molecule has 1 atom stereocenters. The van der Waals surface area contributed by atoms with Gasteiger partial charge in [0.1, 0.15) is 0 Å². The predicted octanol–water partition coefficient (Wildman–Crippen LogP) is 2.47. The minimum atomic E-state index is 0.733. The third-order valence-electron chi connectivity index (χ3n) is 3.92. The highest BCUT2D eigenvalue weighted by Gasteiger charge is 2.17. The van der Waals surface area contributed by atoms with E-state index in [4.69, 9.17) is 0 Å². The number of hydrogen-bond acceptors (Lipinski definition) is 2. The SMILES string of the molecule is CCCn1ccc(CNCC2CCCCN2C)c1. The first kappa shape index (κ1) is 13.6. The lowest BCUT2D eigenvalue weighted by atomic mass is 10.0. The molecule has 1 unspecified atom stereocenters. The Hall–Kier alpha value is -0.800. The molecule has 1 aromatic heterocycles. The van der Waals surface area contributed by atoms with Crippen molar-refractivity contribution in [3.8, 4) is 0 Å². The van der Waals surface area contributed by atoms with Crippen LogP contribution in [0.25, 0.3) is 0 Å². The largest absolute Gasteiger partial charge is 0.354 e. The molecular formula is C15H27N3. The van der Waals surface area contributed by atoms with Crippen molar-refractivity contribution in [1.29, 1.82) is 0 Å². The van der Waals surface area contributed by atoms with Gasteiger partial charge in [-0.2, -0.15) is 0 Å². The predicted molar refractivity (Wildman–Crippen MR) is 76.7 cm³/mol. The summed E-state index contributed by atoms with van der Waals surface area (Å²) in [6.45, 7) is 6.73. The minimum Gasteiger partial charge on any atom is -0.354 e. The Morgan fingerprint density at radius 3 is 3.06 bits per heavy atom. The summed E-state index contributed by atoms with van der Waals surface area (Å²) in [4.78, 5) is 2.50. The molecule has 0 aliphatic carbocycles. The summed E-state index contributed by atoms with van der Waals surface area (Å²) in [5.74, 6) is 0. The maximum absolute atomic E-state index is 3.60. The zero-order chi connectivity index (χ0) is 12.8. The van der Waals surface area contributed by atoms with Gasteiger partial charge < -0.3 is 14.8 Å². The van der Waals surface area contributed by atoms with Gasteiger partial charge in [-0.05, 0) is 44.5 Å². The molecule has 0 amide bonds. The third-order valence-corrected chi connectivity index (χ3v) is 3.92. The van der Waals surface area contributed by atoms with Gasteiger partial charge in [-0.3, -0.25) is 0 Å². The van der Waals surface area contributed by atoms with Crippen molar-refractivity contribution in [2.24, 2.45) is 0 Å². The smallest absolute Gasteiger partial charge is 0.0221 e. The van der Waals surface area contributed by atoms with E-state index in [1.807, 2.05) is 0 Å². The number of aromatic nitrogens is 1. The van der Waals surface area contributed by atoms with Crippen LogP contribution in [0.1, 0.15) is 38.2 Å². The molecule has 3 heteroatoms. The van der Waals surface area contributed by atoms with Crippen LogP contribution in [0.2, 0.25) is 0 Å². The summed E-state index contributed by atoms with van der Waals surface area (Å²) in [7, 11) is 2.25. The van der Waals surface area contributed by atoms with Gasteiger partial charge in [0.15, 0.2) is 0 Å². The summed E-state index contributed by atoms with van der Waals surface area (Å²) < 4.78 is 2.28. The molecule has 1 saturated heterocycles. The van der Waals surface area contributed by atoms with Crippen LogP contribution in [-0.4, -0.2) is 35.6 Å². The van der Waals surface area contributed by atoms with Crippen LogP contribution in [0.4, 0.5) is 0 Å². The third kappa shape index (κ3) is 3.85. The highest BCUT2D eigenvalue weighted by Crippen LogP contribution is 2.14. The van der Waals surface area contributed by atoms with Crippen LogP contribution in [0.3, 0.4) is 0 Å². The van der Waals surface area contributed by atoms with E-state index >= 15 is 0 Å². The lowest BCUT2D eigenvalue weighted by molar-refractivity contribution is 0.181. The van der Waals surface area contributed by atoms with E-state index in [1.165, 1.54) is 37.8 Å². The van der Waals surface area contributed by atoms with Crippen molar-refractivity contribution in [3.63, 3.8) is 0 Å². The number of likely N-dealkylation sites (tertiary alicyclic amines) is 1. The zero-order valence-electron chi connectivity index (χ0n) is 11.9. The van der Waals surface area contributed by atoms with E-state index in [-0.39, 0.29) is 0 Å². The Morgan fingerprint density at radius 2 is 2.28 bits per heavy atom. The Kier molecular flexibility index (Phi) is 5.26. The normalized spacial score (nSPS) is 21.3. The first-order chi connectivity index (χ1) is 8.79. The van der Waals surface area contributed by atoms with Crippen LogP contribution in [0.15, 0.2) is 18.5 Å². The molecule has 102 valence electrons. The van der Waals surface area contributed by atoms with E-state index in [9.17, 15) is 0 Å². The number of hydrogen-bond donors (Lipinski definition) is 1. The van der Waals surface area contributed by atoms with Crippen LogP contribution in [0.5, 0.6) is 0 Å². The van der Waals surface area contributed by atoms with Gasteiger partial charge in [0.25, 0.3) is 0 Å². The average Bonchev–Trinajstić information content (AvgIpc) is 2.80. The second-order valence-corrected chi connectivity index (χ2v) is 5.52. The molecule has 0 saturated carbocycles. The maximum Gasteiger partial charge on any atom is 0.0221 e. The molecule has 2 rings (SSSR count). The Bertz CT molecular complexity index is 345. The second-order valence-electron chi connectivity index (χ2n) is 5.52. The number of nitrogens with one attached hydrogen (secondary N) is 1. The molecule has 0 spiro atoms. The lowest BCUT2D eigenvalue weighted by Crippen LogP contribution is -2.42. The van der Waals surface area contributed by atoms with Crippen molar-refractivity contribution in [2.45, 2.75) is 51.7 Å². The van der Waals surface area contributed by atoms with Gasteiger partial charge in [-0.1, -0.05) is 13.3 Å². The van der Waals surface area contributed by atoms with E-state index < -0.39 is 0 Å². The average molecular weight is 249 g/mol. The number of aryl methyl sites for hydroxylation is 1. The monoisotopic (exact) mass is 249 g/mol. The number of likely N-dealkylation sites (N-methyl/N-ethyl adjacent to an activating group) is 1. The number of nitrogens with zero attached hydrogens (tertiary/aromatic N) is 2. The summed E-state index contributed by atoms with van der Waals surface area (Å²) in [6, 6.07) is 2.96. The molecular weight excluding hydrogens is 222 g/mol. The van der Waals surface area contributed by atoms with E-state index in [0.29, 0.717) is 0 Å². The molecule has 1 aliphatic rings. The van der Waals surface area contributed by atoms with E-state index in [1.54, 1.807) is 0 Å². The Morgan fingerprint density at radius 1 is 1.39 bits per heavy atom. The summed E-state index contributed by atoms with van der Waals surface area (Å²) >= 11 is 0. The molecule has 1 fully saturated rings. The molecule has 2 heterocycles. The summed E-state index contributed by atoms with van der Waals surface area (Å²) in [5, 5.41) is 3.60. The number of piperidine rings is 1. The van der Waals surface area contributed by atoms with Gasteiger partial charge in [-0.15, -0.1) is 0 Å². The molecule has 1 aromatic rings. The first-order valence-corrected chi connectivity index (χ1v) is 7.35. The molecule has 0 radical (unpaired) electrons. The van der Waals surface area contributed by atoms with Crippen molar-refractivity contribution in [2.75, 3.05) is 20.1 Å². The highest BCUT2D eigenvalue weighted by atomic mass is 15.2. The van der Waals surface area contributed by atoms with Crippen molar-refractivity contribution < 1.29 is 0 Å². The van der Waals surface area contributed by atoms with Gasteiger partial charge in [0, 0.05) is 38.1 Å². The fourth-order valence-electron chi connectivity index (χ4n) is 2.78. The topological polar surface area (TPSA) is 20.2 Å². The van der Waals surface area contributed by atoms with Crippen molar-refractivity contribution in [3.05, 3.63) is 24.0 Å². The zero-order valence-corrected chi connectivity index (χ0v) is 11.9. The molecule has 1 aliphatic heterocycles. The fourth-order valence-corrected chi connectivity index (χ4v) is 2.78. The molecule has 0 aromatic carbocycles. The summed E-state index contributed by atoms with van der Waals surface area (Å²) in [6.07, 6.45) is 9.76. The van der Waals surface area contributed by atoms with Gasteiger partial charge in [0.2, 0.25) is 0 Å². The highest BCUT2D eigenvalue weighted by molar-refractivity contribution is 5.09. The molecule has 18 heavy (non-hydrogen) atoms. The Labute approximate surface area is 111 Å². The van der Waals surface area contributed by atoms with Gasteiger partial charge >= 0.3 is 0 Å². The molecule has 3 nitrogen and oxygen atoms in total. The van der Waals surface area contributed by atoms with Crippen LogP contribution >= 0.6 is 0 Å². The van der Waals surface area contributed by atoms with Crippen molar-refractivity contribution >= 4 is 0 Å². The van der Waals surface area contributed by atoms with Crippen LogP contribution in [0, 0.1) is 0 Å². The molecule has 1 N–H and O–H groups in total. The van der Waals surface area contributed by atoms with Crippen LogP contribution in [-0.2, 0) is 13.1 Å². The lowest BCUT2D eigenvalue weighted by Gasteiger charge is -2.32. The first-order valence-electron chi connectivity index (χ1n) is 7.35. The van der Waals surface area contributed by atoms with Crippen molar-refractivity contribution in [1.82, 2.24) is 14.8 Å². The maximum atomic E-state index is 3.60. The fraction of sp³-hybridized carbons (Fsp3) is 0.733. The van der Waals surface area contributed by atoms with Crippen LogP contribution < -0.4 is 5.32 Å². The molecule has 0 bridgehead atoms. The second kappa shape index (κ2) is 6.95. The van der Waals surface area contributed by atoms with Gasteiger partial charge in [0.05, 0.1) is 0 Å². The summed E-state index contributed by atoms with van der Waals surface area (Å²) in [5.41, 5.74) is 1.40. The number of rotatable bonds is 6. The standard InChI is InChI=1S/C15H27N3/c1-3-8-18-10-7-14(13-18)11-16-12-15-6-4-5-9-17(15)2/h7,10,13,15-16H,3-6,8-9,11-12H2,1-2H3. The van der Waals surface area contributed by atoms with Gasteiger partial charge in [-0.25, -0.2) is 0 Å². The van der Waals surface area contributed by atoms with E-state index in [2.05, 4.69) is 47.2 Å². The quantitative estimate of drug-likeness (QED) is 0.836. The minimum absolute atomic E-state index is 0.733. The Balaban J connectivity index is 1.70. The van der Waals surface area contributed by atoms with E-state index in [0.717, 1.165) is 25.7 Å².